The number of alkyl halides is 1. The van der Waals surface area contributed by atoms with Gasteiger partial charge in [0.15, 0.2) is 0 Å². The van der Waals surface area contributed by atoms with E-state index in [0.29, 0.717) is 5.33 Å². The largest absolute Gasteiger partial charge is 0.368 e. The topological polar surface area (TPSA) is 3.24 Å². The van der Waals surface area contributed by atoms with E-state index < -0.39 is 0 Å². The quantitative estimate of drug-likeness (QED) is 0.647. The van der Waals surface area contributed by atoms with Crippen LogP contribution in [-0.4, -0.2) is 7.05 Å². The maximum absolute atomic E-state index is 13.3. The van der Waals surface area contributed by atoms with Crippen LogP contribution < -0.4 is 4.90 Å². The number of nitrogens with zero attached hydrogens (tertiary/aromatic N) is 1. The molecule has 0 bridgehead atoms. The van der Waals surface area contributed by atoms with Crippen molar-refractivity contribution in [3.8, 4) is 0 Å². The minimum absolute atomic E-state index is 0.104. The molecule has 20 heavy (non-hydrogen) atoms. The average Bonchev–Trinajstić information content (AvgIpc) is 2.46. The van der Waals surface area contributed by atoms with Gasteiger partial charge in [-0.05, 0) is 42.3 Å². The van der Waals surface area contributed by atoms with Crippen LogP contribution >= 0.6 is 27.5 Å². The molecule has 0 radical (unpaired) electrons. The highest BCUT2D eigenvalue weighted by Gasteiger charge is 2.17. The molecule has 1 atom stereocenters. The maximum atomic E-state index is 13.3. The molecule has 106 valence electrons. The summed E-state index contributed by atoms with van der Waals surface area (Å²) in [5, 5.41) is 1.36. The molecular formula is C16H16BrClFN. The summed E-state index contributed by atoms with van der Waals surface area (Å²) in [5.41, 5.74) is 2.98. The van der Waals surface area contributed by atoms with Crippen LogP contribution in [0.15, 0.2) is 42.5 Å². The SMILES string of the molecule is CC(c1ccccc1Cl)N(C)c1ccc(F)cc1CBr. The van der Waals surface area contributed by atoms with Gasteiger partial charge in [0.1, 0.15) is 5.82 Å². The van der Waals surface area contributed by atoms with Crippen molar-refractivity contribution >= 4 is 33.2 Å². The predicted octanol–water partition coefficient (Wildman–Crippen LogP) is 5.57. The van der Waals surface area contributed by atoms with Crippen molar-refractivity contribution in [2.24, 2.45) is 0 Å². The molecule has 2 aromatic rings. The molecule has 4 heteroatoms. The van der Waals surface area contributed by atoms with E-state index in [1.165, 1.54) is 6.07 Å². The van der Waals surface area contributed by atoms with Gasteiger partial charge in [0.05, 0.1) is 6.04 Å². The molecule has 0 heterocycles. The lowest BCUT2D eigenvalue weighted by molar-refractivity contribution is 0.625. The first-order chi connectivity index (χ1) is 9.54. The minimum atomic E-state index is -0.220. The Morgan fingerprint density at radius 1 is 1.25 bits per heavy atom. The van der Waals surface area contributed by atoms with Gasteiger partial charge in [-0.3, -0.25) is 0 Å². The molecule has 0 saturated heterocycles. The van der Waals surface area contributed by atoms with Gasteiger partial charge in [0.25, 0.3) is 0 Å². The Hall–Kier alpha value is -1.06. The van der Waals surface area contributed by atoms with Gasteiger partial charge in [0.2, 0.25) is 0 Å². The Kier molecular flexibility index (Phi) is 5.06. The lowest BCUT2D eigenvalue weighted by Crippen LogP contribution is -2.23. The van der Waals surface area contributed by atoms with Crippen LogP contribution in [-0.2, 0) is 5.33 Å². The number of hydrogen-bond donors (Lipinski definition) is 0. The Balaban J connectivity index is 2.36. The van der Waals surface area contributed by atoms with Crippen LogP contribution in [0.5, 0.6) is 0 Å². The van der Waals surface area contributed by atoms with Crippen LogP contribution in [0.4, 0.5) is 10.1 Å². The zero-order valence-corrected chi connectivity index (χ0v) is 13.7. The molecule has 0 spiro atoms. The Bertz CT molecular complexity index is 603. The van der Waals surface area contributed by atoms with Crippen LogP contribution in [0.1, 0.15) is 24.1 Å². The van der Waals surface area contributed by atoms with Crippen molar-refractivity contribution in [3.63, 3.8) is 0 Å². The summed E-state index contributed by atoms with van der Waals surface area (Å²) in [5.74, 6) is -0.220. The second-order valence-electron chi connectivity index (χ2n) is 4.72. The number of anilines is 1. The van der Waals surface area contributed by atoms with E-state index in [1.54, 1.807) is 12.1 Å². The van der Waals surface area contributed by atoms with Crippen molar-refractivity contribution in [1.29, 1.82) is 0 Å². The smallest absolute Gasteiger partial charge is 0.123 e. The summed E-state index contributed by atoms with van der Waals surface area (Å²) >= 11 is 9.66. The molecule has 2 rings (SSSR count). The number of halogens is 3. The molecule has 0 N–H and O–H groups in total. The van der Waals surface area contributed by atoms with E-state index in [1.807, 2.05) is 31.3 Å². The molecule has 0 fully saturated rings. The van der Waals surface area contributed by atoms with Gasteiger partial charge in [-0.15, -0.1) is 0 Å². The highest BCUT2D eigenvalue weighted by Crippen LogP contribution is 2.32. The van der Waals surface area contributed by atoms with Gasteiger partial charge in [0, 0.05) is 23.1 Å². The summed E-state index contributed by atoms with van der Waals surface area (Å²) in [6, 6.07) is 12.7. The molecule has 0 saturated carbocycles. The molecule has 1 unspecified atom stereocenters. The summed E-state index contributed by atoms with van der Waals surface area (Å²) in [7, 11) is 1.99. The third kappa shape index (κ3) is 3.15. The van der Waals surface area contributed by atoms with Gasteiger partial charge < -0.3 is 4.90 Å². The maximum Gasteiger partial charge on any atom is 0.123 e. The van der Waals surface area contributed by atoms with Gasteiger partial charge in [-0.2, -0.15) is 0 Å². The van der Waals surface area contributed by atoms with Gasteiger partial charge in [-0.1, -0.05) is 45.7 Å². The van der Waals surface area contributed by atoms with E-state index >= 15 is 0 Å². The monoisotopic (exact) mass is 355 g/mol. The molecule has 2 aromatic carbocycles. The van der Waals surface area contributed by atoms with Crippen LogP contribution in [0, 0.1) is 5.82 Å². The predicted molar refractivity (Wildman–Crippen MR) is 87.3 cm³/mol. The van der Waals surface area contributed by atoms with Crippen LogP contribution in [0.25, 0.3) is 0 Å². The number of benzene rings is 2. The summed E-state index contributed by atoms with van der Waals surface area (Å²) in [6.45, 7) is 2.09. The van der Waals surface area contributed by atoms with Gasteiger partial charge >= 0.3 is 0 Å². The van der Waals surface area contributed by atoms with Crippen LogP contribution in [0.3, 0.4) is 0 Å². The summed E-state index contributed by atoms with van der Waals surface area (Å²) < 4.78 is 13.3. The first-order valence-electron chi connectivity index (χ1n) is 6.36. The average molecular weight is 357 g/mol. The van der Waals surface area contributed by atoms with Crippen molar-refractivity contribution < 1.29 is 4.39 Å². The fraction of sp³-hybridized carbons (Fsp3) is 0.250. The lowest BCUT2D eigenvalue weighted by Gasteiger charge is -2.29. The van der Waals surface area contributed by atoms with E-state index in [2.05, 4.69) is 27.8 Å². The molecule has 0 aliphatic rings. The summed E-state index contributed by atoms with van der Waals surface area (Å²) in [4.78, 5) is 2.11. The van der Waals surface area contributed by atoms with Gasteiger partial charge in [-0.25, -0.2) is 4.39 Å². The van der Waals surface area contributed by atoms with E-state index in [-0.39, 0.29) is 11.9 Å². The number of rotatable bonds is 4. The molecule has 0 aromatic heterocycles. The Morgan fingerprint density at radius 3 is 2.60 bits per heavy atom. The van der Waals surface area contributed by atoms with E-state index in [4.69, 9.17) is 11.6 Å². The van der Waals surface area contributed by atoms with Crippen molar-refractivity contribution in [3.05, 3.63) is 64.4 Å². The highest BCUT2D eigenvalue weighted by molar-refractivity contribution is 9.08. The van der Waals surface area contributed by atoms with E-state index in [9.17, 15) is 4.39 Å². The third-order valence-corrected chi connectivity index (χ3v) is 4.45. The highest BCUT2D eigenvalue weighted by atomic mass is 79.9. The molecule has 1 nitrogen and oxygen atoms in total. The second kappa shape index (κ2) is 6.59. The second-order valence-corrected chi connectivity index (χ2v) is 5.68. The molecule has 0 amide bonds. The first kappa shape index (κ1) is 15.3. The molecule has 0 aliphatic heterocycles. The van der Waals surface area contributed by atoms with E-state index in [0.717, 1.165) is 21.8 Å². The van der Waals surface area contributed by atoms with Crippen molar-refractivity contribution in [2.45, 2.75) is 18.3 Å². The standard InChI is InChI=1S/C16H16BrClFN/c1-11(14-5-3-4-6-15(14)18)20(2)16-8-7-13(19)9-12(16)10-17/h3-9,11H,10H2,1-2H3. The first-order valence-corrected chi connectivity index (χ1v) is 7.86. The normalized spacial score (nSPS) is 12.2. The van der Waals surface area contributed by atoms with Crippen LogP contribution in [0.2, 0.25) is 5.02 Å². The minimum Gasteiger partial charge on any atom is -0.368 e. The lowest BCUT2D eigenvalue weighted by atomic mass is 10.1. The Morgan fingerprint density at radius 2 is 1.95 bits per heavy atom. The Labute approximate surface area is 132 Å². The fourth-order valence-electron chi connectivity index (χ4n) is 2.24. The van der Waals surface area contributed by atoms with Crippen molar-refractivity contribution in [2.75, 3.05) is 11.9 Å². The zero-order valence-electron chi connectivity index (χ0n) is 11.4. The number of hydrogen-bond acceptors (Lipinski definition) is 1. The molecule has 0 aliphatic carbocycles. The third-order valence-electron chi connectivity index (χ3n) is 3.50. The molecular weight excluding hydrogens is 341 g/mol. The summed E-state index contributed by atoms with van der Waals surface area (Å²) in [6.07, 6.45) is 0. The fourth-order valence-corrected chi connectivity index (χ4v) is 2.98. The van der Waals surface area contributed by atoms with Crippen molar-refractivity contribution in [1.82, 2.24) is 0 Å². The zero-order chi connectivity index (χ0) is 14.7.